The van der Waals surface area contributed by atoms with Gasteiger partial charge in [-0.15, -0.1) is 10.2 Å². The number of aromatic nitrogens is 4. The molecular formula is C26H25N5O5. The molecule has 1 heterocycles. The summed E-state index contributed by atoms with van der Waals surface area (Å²) >= 11 is 0. The number of nitrogens with zero attached hydrogens (tertiary/aromatic N) is 3. The van der Waals surface area contributed by atoms with Crippen LogP contribution in [0.5, 0.6) is 17.2 Å². The van der Waals surface area contributed by atoms with Gasteiger partial charge in [-0.1, -0.05) is 24.3 Å². The van der Waals surface area contributed by atoms with Crippen LogP contribution in [-0.2, 0) is 4.79 Å². The molecule has 4 rings (SSSR count). The second-order valence-electron chi connectivity index (χ2n) is 7.86. The van der Waals surface area contributed by atoms with E-state index in [1.165, 1.54) is 0 Å². The average molecular weight is 488 g/mol. The van der Waals surface area contributed by atoms with Gasteiger partial charge in [-0.3, -0.25) is 9.59 Å². The third-order valence-electron chi connectivity index (χ3n) is 5.25. The van der Waals surface area contributed by atoms with Gasteiger partial charge in [0.05, 0.1) is 17.9 Å². The molecule has 10 heteroatoms. The molecular weight excluding hydrogens is 462 g/mol. The zero-order valence-electron chi connectivity index (χ0n) is 19.4. The lowest BCUT2D eigenvalue weighted by atomic mass is 10.2. The number of nitrogens with one attached hydrogen (secondary N) is 2. The smallest absolute Gasteiger partial charge is 0.303 e. The van der Waals surface area contributed by atoms with Crippen LogP contribution in [0.1, 0.15) is 36.0 Å². The van der Waals surface area contributed by atoms with Gasteiger partial charge in [0.15, 0.2) is 5.75 Å². The largest absolute Gasteiger partial charge is 0.494 e. The van der Waals surface area contributed by atoms with Crippen LogP contribution in [0.15, 0.2) is 72.8 Å². The Morgan fingerprint density at radius 2 is 1.64 bits per heavy atom. The Morgan fingerprint density at radius 1 is 0.889 bits per heavy atom. The first-order valence-electron chi connectivity index (χ1n) is 11.5. The molecule has 0 fully saturated rings. The highest BCUT2D eigenvalue weighted by Gasteiger charge is 2.14. The third kappa shape index (κ3) is 6.66. The Bertz CT molecular complexity index is 1290. The summed E-state index contributed by atoms with van der Waals surface area (Å²) < 4.78 is 11.8. The molecule has 0 aliphatic carbocycles. The summed E-state index contributed by atoms with van der Waals surface area (Å²) in [5.74, 6) is 0.946. The van der Waals surface area contributed by atoms with E-state index in [9.17, 15) is 9.59 Å². The van der Waals surface area contributed by atoms with E-state index in [1.54, 1.807) is 48.5 Å². The van der Waals surface area contributed by atoms with Crippen LogP contribution in [0.2, 0.25) is 0 Å². The normalized spacial score (nSPS) is 10.6. The first-order chi connectivity index (χ1) is 17.6. The summed E-state index contributed by atoms with van der Waals surface area (Å²) in [6, 6.07) is 21.3. The fourth-order valence-electron chi connectivity index (χ4n) is 3.44. The van der Waals surface area contributed by atoms with E-state index < -0.39 is 5.97 Å². The molecule has 3 aromatic carbocycles. The predicted octanol–water partition coefficient (Wildman–Crippen LogP) is 4.94. The van der Waals surface area contributed by atoms with Crippen molar-refractivity contribution in [2.75, 3.05) is 11.9 Å². The highest BCUT2D eigenvalue weighted by Crippen LogP contribution is 2.34. The zero-order chi connectivity index (χ0) is 25.2. The number of para-hydroxylation sites is 3. The summed E-state index contributed by atoms with van der Waals surface area (Å²) in [5.41, 5.74) is 1.63. The number of carbonyl (C=O) groups excluding carboxylic acids is 1. The molecule has 0 unspecified atom stereocenters. The topological polar surface area (TPSA) is 139 Å². The van der Waals surface area contributed by atoms with Crippen molar-refractivity contribution < 1.29 is 24.2 Å². The Labute approximate surface area is 207 Å². The molecule has 3 N–H and O–H groups in total. The Morgan fingerprint density at radius 3 is 2.39 bits per heavy atom. The first-order valence-corrected chi connectivity index (χ1v) is 11.5. The molecule has 0 saturated carbocycles. The number of carboxylic acid groups (broad SMARTS) is 1. The summed E-state index contributed by atoms with van der Waals surface area (Å²) in [4.78, 5) is 23.4. The molecule has 0 spiro atoms. The van der Waals surface area contributed by atoms with Gasteiger partial charge in [-0.05, 0) is 73.0 Å². The van der Waals surface area contributed by atoms with Crippen LogP contribution in [0, 0.1) is 0 Å². The minimum Gasteiger partial charge on any atom is -0.494 e. The summed E-state index contributed by atoms with van der Waals surface area (Å²) in [7, 11) is 0. The summed E-state index contributed by atoms with van der Waals surface area (Å²) in [5, 5.41) is 25.6. The summed E-state index contributed by atoms with van der Waals surface area (Å²) in [6.07, 6.45) is 2.35. The minimum atomic E-state index is -0.785. The second kappa shape index (κ2) is 12.1. The van der Waals surface area contributed by atoms with Crippen LogP contribution in [0.4, 0.5) is 5.69 Å². The van der Waals surface area contributed by atoms with Crippen molar-refractivity contribution in [3.05, 3.63) is 78.4 Å². The molecule has 0 atom stereocenters. The SMILES string of the molecule is O=C(O)CCCCCOc1ccc(C(=O)Nc2ccccc2Oc2ccccc2-c2nn[nH]n2)cc1. The van der Waals surface area contributed by atoms with Gasteiger partial charge in [0, 0.05) is 12.0 Å². The highest BCUT2D eigenvalue weighted by atomic mass is 16.5. The van der Waals surface area contributed by atoms with E-state index in [0.717, 1.165) is 12.8 Å². The lowest BCUT2D eigenvalue weighted by molar-refractivity contribution is -0.137. The molecule has 1 aromatic heterocycles. The van der Waals surface area contributed by atoms with Gasteiger partial charge in [0.2, 0.25) is 5.82 Å². The average Bonchev–Trinajstić information content (AvgIpc) is 3.43. The number of anilines is 1. The van der Waals surface area contributed by atoms with Gasteiger partial charge in [0.25, 0.3) is 5.91 Å². The first kappa shape index (κ1) is 24.4. The molecule has 0 aliphatic heterocycles. The van der Waals surface area contributed by atoms with Crippen LogP contribution in [0.3, 0.4) is 0 Å². The van der Waals surface area contributed by atoms with E-state index in [4.69, 9.17) is 14.6 Å². The number of unbranched alkanes of at least 4 members (excludes halogenated alkanes) is 2. The van der Waals surface area contributed by atoms with Gasteiger partial charge in [-0.2, -0.15) is 5.21 Å². The predicted molar refractivity (Wildman–Crippen MR) is 132 cm³/mol. The maximum atomic E-state index is 12.9. The third-order valence-corrected chi connectivity index (χ3v) is 5.25. The fraction of sp³-hybridized carbons (Fsp3) is 0.192. The van der Waals surface area contributed by atoms with E-state index in [0.29, 0.717) is 52.9 Å². The van der Waals surface area contributed by atoms with E-state index >= 15 is 0 Å². The maximum absolute atomic E-state index is 12.9. The Balaban J connectivity index is 1.37. The van der Waals surface area contributed by atoms with Gasteiger partial charge < -0.3 is 19.9 Å². The molecule has 0 radical (unpaired) electrons. The molecule has 10 nitrogen and oxygen atoms in total. The number of ether oxygens (including phenoxy) is 2. The van der Waals surface area contributed by atoms with Gasteiger partial charge >= 0.3 is 5.97 Å². The van der Waals surface area contributed by atoms with Crippen LogP contribution in [-0.4, -0.2) is 44.2 Å². The van der Waals surface area contributed by atoms with Crippen molar-refractivity contribution in [2.24, 2.45) is 0 Å². The Hall–Kier alpha value is -4.73. The zero-order valence-corrected chi connectivity index (χ0v) is 19.4. The van der Waals surface area contributed by atoms with Crippen molar-refractivity contribution >= 4 is 17.6 Å². The number of rotatable bonds is 12. The van der Waals surface area contributed by atoms with Crippen LogP contribution < -0.4 is 14.8 Å². The number of H-pyrrole nitrogens is 1. The number of aromatic amines is 1. The lowest BCUT2D eigenvalue weighted by Crippen LogP contribution is -2.12. The van der Waals surface area contributed by atoms with E-state index in [-0.39, 0.29) is 12.3 Å². The minimum absolute atomic E-state index is 0.170. The molecule has 1 amide bonds. The lowest BCUT2D eigenvalue weighted by Gasteiger charge is -2.14. The van der Waals surface area contributed by atoms with Crippen molar-refractivity contribution in [2.45, 2.75) is 25.7 Å². The van der Waals surface area contributed by atoms with E-state index in [2.05, 4.69) is 25.9 Å². The van der Waals surface area contributed by atoms with Crippen molar-refractivity contribution in [3.63, 3.8) is 0 Å². The number of hydrogen-bond acceptors (Lipinski definition) is 7. The molecule has 184 valence electrons. The van der Waals surface area contributed by atoms with E-state index in [1.807, 2.05) is 24.3 Å². The quantitative estimate of drug-likeness (QED) is 0.239. The van der Waals surface area contributed by atoms with Gasteiger partial charge in [-0.25, -0.2) is 0 Å². The highest BCUT2D eigenvalue weighted by molar-refractivity contribution is 6.05. The summed E-state index contributed by atoms with van der Waals surface area (Å²) in [6.45, 7) is 0.487. The molecule has 4 aromatic rings. The molecule has 36 heavy (non-hydrogen) atoms. The second-order valence-corrected chi connectivity index (χ2v) is 7.86. The fourth-order valence-corrected chi connectivity index (χ4v) is 3.44. The van der Waals surface area contributed by atoms with Crippen molar-refractivity contribution in [1.82, 2.24) is 20.6 Å². The standard InChI is InChI=1S/C26H25N5O5/c32-24(33)12-2-1-7-17-35-19-15-13-18(14-16-19)26(34)27-21-9-4-6-11-23(21)36-22-10-5-3-8-20(22)25-28-30-31-29-25/h3-6,8-11,13-16H,1-2,7,12,17H2,(H,27,34)(H,32,33)(H,28,29,30,31). The number of benzene rings is 3. The number of hydrogen-bond donors (Lipinski definition) is 3. The van der Waals surface area contributed by atoms with Crippen LogP contribution in [0.25, 0.3) is 11.4 Å². The van der Waals surface area contributed by atoms with Crippen molar-refractivity contribution in [1.29, 1.82) is 0 Å². The van der Waals surface area contributed by atoms with Crippen LogP contribution >= 0.6 is 0 Å². The van der Waals surface area contributed by atoms with Gasteiger partial charge in [0.1, 0.15) is 11.5 Å². The number of carboxylic acids is 1. The van der Waals surface area contributed by atoms with Crippen molar-refractivity contribution in [3.8, 4) is 28.6 Å². The number of carbonyl (C=O) groups is 2. The number of tetrazole rings is 1. The monoisotopic (exact) mass is 487 g/mol. The number of aliphatic carboxylic acids is 1. The molecule has 0 bridgehead atoms. The number of amides is 1. The Kier molecular flexibility index (Phi) is 8.21. The molecule has 0 aliphatic rings. The molecule has 0 saturated heterocycles. The maximum Gasteiger partial charge on any atom is 0.303 e.